The normalized spacial score (nSPS) is 10.6. The van der Waals surface area contributed by atoms with E-state index in [-0.39, 0.29) is 11.3 Å². The van der Waals surface area contributed by atoms with Crippen LogP contribution in [0, 0.1) is 11.6 Å². The molecule has 3 rings (SSSR count). The maximum absolute atomic E-state index is 14.2. The van der Waals surface area contributed by atoms with Crippen LogP contribution in [0.2, 0.25) is 0 Å². The monoisotopic (exact) mass is 310 g/mol. The van der Waals surface area contributed by atoms with Gasteiger partial charge in [-0.15, -0.1) is 0 Å². The Morgan fingerprint density at radius 3 is 1.96 bits per heavy atom. The Balaban J connectivity index is 1.95. The predicted octanol–water partition coefficient (Wildman–Crippen LogP) is 5.70. The van der Waals surface area contributed by atoms with Gasteiger partial charge < -0.3 is 4.74 Å². The van der Waals surface area contributed by atoms with E-state index in [0.717, 1.165) is 11.1 Å². The third kappa shape index (κ3) is 3.09. The average molecular weight is 310 g/mol. The van der Waals surface area contributed by atoms with E-state index >= 15 is 0 Å². The number of hydrogen-bond acceptors (Lipinski definition) is 1. The molecule has 0 aromatic heterocycles. The largest absolute Gasteiger partial charge is 0.491 e. The molecule has 116 valence electrons. The fourth-order valence-corrected chi connectivity index (χ4v) is 2.49. The van der Waals surface area contributed by atoms with Gasteiger partial charge in [0.2, 0.25) is 5.82 Å². The molecule has 0 unspecified atom stereocenters. The second kappa shape index (κ2) is 6.61. The molecule has 0 aliphatic rings. The molecule has 0 fully saturated rings. The molecular weight excluding hydrogens is 294 g/mol. The first-order valence-electron chi connectivity index (χ1n) is 7.47. The maximum atomic E-state index is 14.2. The Morgan fingerprint density at radius 1 is 0.696 bits per heavy atom. The Kier molecular flexibility index (Phi) is 4.38. The van der Waals surface area contributed by atoms with Gasteiger partial charge >= 0.3 is 0 Å². The number of halogens is 2. The van der Waals surface area contributed by atoms with E-state index in [1.807, 2.05) is 42.5 Å². The lowest BCUT2D eigenvalue weighted by Crippen LogP contribution is -1.98. The van der Waals surface area contributed by atoms with E-state index in [2.05, 4.69) is 0 Å². The van der Waals surface area contributed by atoms with Crippen molar-refractivity contribution in [1.29, 1.82) is 0 Å². The molecule has 0 N–H and O–H groups in total. The van der Waals surface area contributed by atoms with Crippen LogP contribution in [0.15, 0.2) is 66.7 Å². The third-order valence-electron chi connectivity index (χ3n) is 3.65. The van der Waals surface area contributed by atoms with E-state index in [9.17, 15) is 8.78 Å². The molecule has 3 heteroatoms. The quantitative estimate of drug-likeness (QED) is 0.601. The average Bonchev–Trinajstić information content (AvgIpc) is 2.60. The van der Waals surface area contributed by atoms with Crippen LogP contribution >= 0.6 is 0 Å². The van der Waals surface area contributed by atoms with Crippen LogP contribution < -0.4 is 4.74 Å². The topological polar surface area (TPSA) is 9.23 Å². The van der Waals surface area contributed by atoms with Gasteiger partial charge in [0.15, 0.2) is 11.6 Å². The SMILES string of the molecule is CCOc1ccc(-c2ccc(-c3ccccc3)cc2)c(F)c1F. The van der Waals surface area contributed by atoms with Crippen molar-refractivity contribution in [3.05, 3.63) is 78.4 Å². The molecule has 0 aliphatic heterocycles. The minimum atomic E-state index is -0.948. The molecule has 0 radical (unpaired) electrons. The zero-order valence-electron chi connectivity index (χ0n) is 12.7. The van der Waals surface area contributed by atoms with Crippen LogP contribution in [0.3, 0.4) is 0 Å². The summed E-state index contributed by atoms with van der Waals surface area (Å²) in [6.45, 7) is 2.02. The predicted molar refractivity (Wildman–Crippen MR) is 88.4 cm³/mol. The molecule has 0 atom stereocenters. The highest BCUT2D eigenvalue weighted by molar-refractivity contribution is 5.71. The summed E-state index contributed by atoms with van der Waals surface area (Å²) in [6.07, 6.45) is 0. The Hall–Kier alpha value is -2.68. The van der Waals surface area contributed by atoms with Crippen LogP contribution in [-0.2, 0) is 0 Å². The summed E-state index contributed by atoms with van der Waals surface area (Å²) >= 11 is 0. The van der Waals surface area contributed by atoms with Crippen LogP contribution in [0.4, 0.5) is 8.78 Å². The van der Waals surface area contributed by atoms with Crippen molar-refractivity contribution in [3.63, 3.8) is 0 Å². The van der Waals surface area contributed by atoms with Gasteiger partial charge in [-0.25, -0.2) is 4.39 Å². The summed E-state index contributed by atoms with van der Waals surface area (Å²) in [7, 11) is 0. The first-order valence-corrected chi connectivity index (χ1v) is 7.47. The van der Waals surface area contributed by atoms with Gasteiger partial charge in [-0.1, -0.05) is 54.6 Å². The Bertz CT molecular complexity index is 796. The van der Waals surface area contributed by atoms with E-state index in [1.54, 1.807) is 25.1 Å². The van der Waals surface area contributed by atoms with Crippen LogP contribution in [0.5, 0.6) is 5.75 Å². The lowest BCUT2D eigenvalue weighted by Gasteiger charge is -2.10. The molecule has 0 saturated carbocycles. The zero-order valence-corrected chi connectivity index (χ0v) is 12.7. The van der Waals surface area contributed by atoms with E-state index < -0.39 is 11.6 Å². The summed E-state index contributed by atoms with van der Waals surface area (Å²) in [5, 5.41) is 0. The molecule has 0 heterocycles. The highest BCUT2D eigenvalue weighted by atomic mass is 19.2. The number of benzene rings is 3. The van der Waals surface area contributed by atoms with Crippen molar-refractivity contribution in [1.82, 2.24) is 0 Å². The van der Waals surface area contributed by atoms with Crippen molar-refractivity contribution in [2.24, 2.45) is 0 Å². The molecule has 3 aromatic carbocycles. The Morgan fingerprint density at radius 2 is 1.30 bits per heavy atom. The first-order chi connectivity index (χ1) is 11.2. The number of hydrogen-bond donors (Lipinski definition) is 0. The van der Waals surface area contributed by atoms with Gasteiger partial charge in [0.05, 0.1) is 6.61 Å². The van der Waals surface area contributed by atoms with Crippen molar-refractivity contribution < 1.29 is 13.5 Å². The second-order valence-corrected chi connectivity index (χ2v) is 5.12. The Labute approximate surface area is 134 Å². The van der Waals surface area contributed by atoms with Crippen LogP contribution in [-0.4, -0.2) is 6.61 Å². The smallest absolute Gasteiger partial charge is 0.201 e. The lowest BCUT2D eigenvalue weighted by atomic mass is 10.00. The molecular formula is C20H16F2O. The summed E-state index contributed by atoms with van der Waals surface area (Å²) in [5.41, 5.74) is 2.97. The molecule has 1 nitrogen and oxygen atoms in total. The number of rotatable bonds is 4. The van der Waals surface area contributed by atoms with Gasteiger partial charge in [0.25, 0.3) is 0 Å². The zero-order chi connectivity index (χ0) is 16.2. The van der Waals surface area contributed by atoms with Crippen LogP contribution in [0.1, 0.15) is 6.92 Å². The highest BCUT2D eigenvalue weighted by Gasteiger charge is 2.15. The van der Waals surface area contributed by atoms with E-state index in [0.29, 0.717) is 12.2 Å². The fourth-order valence-electron chi connectivity index (χ4n) is 2.49. The molecule has 0 amide bonds. The molecule has 0 spiro atoms. The van der Waals surface area contributed by atoms with Gasteiger partial charge in [-0.2, -0.15) is 4.39 Å². The molecule has 0 saturated heterocycles. The maximum Gasteiger partial charge on any atom is 0.201 e. The van der Waals surface area contributed by atoms with E-state index in [4.69, 9.17) is 4.74 Å². The highest BCUT2D eigenvalue weighted by Crippen LogP contribution is 2.31. The minimum absolute atomic E-state index is 0.0605. The third-order valence-corrected chi connectivity index (χ3v) is 3.65. The fraction of sp³-hybridized carbons (Fsp3) is 0.100. The second-order valence-electron chi connectivity index (χ2n) is 5.12. The summed E-state index contributed by atoms with van der Waals surface area (Å²) in [6, 6.07) is 20.3. The minimum Gasteiger partial charge on any atom is -0.491 e. The van der Waals surface area contributed by atoms with Gasteiger partial charge in [0.1, 0.15) is 0 Å². The lowest BCUT2D eigenvalue weighted by molar-refractivity contribution is 0.314. The van der Waals surface area contributed by atoms with Crippen molar-refractivity contribution in [3.8, 4) is 28.0 Å². The van der Waals surface area contributed by atoms with Crippen molar-refractivity contribution in [2.45, 2.75) is 6.92 Å². The number of ether oxygens (including phenoxy) is 1. The summed E-state index contributed by atoms with van der Waals surface area (Å²) in [4.78, 5) is 0. The summed E-state index contributed by atoms with van der Waals surface area (Å²) in [5.74, 6) is -1.89. The molecule has 3 aromatic rings. The van der Waals surface area contributed by atoms with E-state index in [1.165, 1.54) is 6.07 Å². The molecule has 0 aliphatic carbocycles. The molecule has 0 bridgehead atoms. The van der Waals surface area contributed by atoms with Gasteiger partial charge in [-0.3, -0.25) is 0 Å². The van der Waals surface area contributed by atoms with Crippen molar-refractivity contribution in [2.75, 3.05) is 6.61 Å². The first kappa shape index (κ1) is 15.2. The van der Waals surface area contributed by atoms with Crippen molar-refractivity contribution >= 4 is 0 Å². The van der Waals surface area contributed by atoms with Gasteiger partial charge in [-0.05, 0) is 35.7 Å². The molecule has 23 heavy (non-hydrogen) atoms. The summed E-state index contributed by atoms with van der Waals surface area (Å²) < 4.78 is 33.3. The van der Waals surface area contributed by atoms with Crippen LogP contribution in [0.25, 0.3) is 22.3 Å². The van der Waals surface area contributed by atoms with Gasteiger partial charge in [0, 0.05) is 5.56 Å². The standard InChI is InChI=1S/C20H16F2O/c1-2-23-18-13-12-17(19(21)20(18)22)16-10-8-15(9-11-16)14-6-4-3-5-7-14/h3-13H,2H2,1H3.